The molecule has 0 spiro atoms. The number of allylic oxidation sites excluding steroid dienone is 1. The number of halogens is 1. The van der Waals surface area contributed by atoms with Gasteiger partial charge in [0.2, 0.25) is 0 Å². The van der Waals surface area contributed by atoms with E-state index in [2.05, 4.69) is 12.7 Å². The van der Waals surface area contributed by atoms with E-state index in [1.165, 1.54) is 38.5 Å². The molecule has 1 nitrogen and oxygen atoms in total. The highest BCUT2D eigenvalue weighted by Gasteiger charge is 2.30. The molecule has 0 radical (unpaired) electrons. The van der Waals surface area contributed by atoms with Gasteiger partial charge in [-0.15, -0.1) is 6.58 Å². The van der Waals surface area contributed by atoms with Crippen LogP contribution in [-0.4, -0.2) is 6.29 Å². The number of rotatable bonds is 4. The zero-order chi connectivity index (χ0) is 16.2. The van der Waals surface area contributed by atoms with Crippen LogP contribution in [0.3, 0.4) is 0 Å². The molecular weight excluding hydrogens is 287 g/mol. The highest BCUT2D eigenvalue weighted by Crippen LogP contribution is 2.44. The molecule has 0 saturated heterocycles. The highest BCUT2D eigenvalue weighted by molar-refractivity contribution is 5.75. The third-order valence-corrected chi connectivity index (χ3v) is 6.21. The van der Waals surface area contributed by atoms with Crippen molar-refractivity contribution in [2.24, 2.45) is 17.8 Å². The second kappa shape index (κ2) is 7.42. The molecule has 2 aliphatic carbocycles. The Labute approximate surface area is 139 Å². The molecule has 0 heterocycles. The molecule has 0 bridgehead atoms. The average molecular weight is 314 g/mol. The van der Waals surface area contributed by atoms with Crippen molar-refractivity contribution in [2.45, 2.75) is 57.3 Å². The number of carbonyl (C=O) groups excluding carboxylic acids is 1. The van der Waals surface area contributed by atoms with Crippen LogP contribution in [0, 0.1) is 23.6 Å². The monoisotopic (exact) mass is 314 g/mol. The summed E-state index contributed by atoms with van der Waals surface area (Å²) in [6, 6.07) is 5.14. The average Bonchev–Trinajstić information content (AvgIpc) is 2.62. The molecule has 1 aromatic carbocycles. The van der Waals surface area contributed by atoms with Crippen LogP contribution in [0.4, 0.5) is 4.39 Å². The summed E-state index contributed by atoms with van der Waals surface area (Å²) in [5, 5.41) is 0. The van der Waals surface area contributed by atoms with Gasteiger partial charge in [-0.1, -0.05) is 12.1 Å². The second-order valence-electron chi connectivity index (χ2n) is 7.42. The Morgan fingerprint density at radius 1 is 0.957 bits per heavy atom. The first-order valence-corrected chi connectivity index (χ1v) is 9.08. The van der Waals surface area contributed by atoms with E-state index in [1.807, 2.05) is 6.07 Å². The van der Waals surface area contributed by atoms with E-state index in [0.29, 0.717) is 12.2 Å². The first-order valence-electron chi connectivity index (χ1n) is 9.08. The summed E-state index contributed by atoms with van der Waals surface area (Å²) >= 11 is 0. The Balaban J connectivity index is 1.55. The molecule has 124 valence electrons. The van der Waals surface area contributed by atoms with Gasteiger partial charge in [0.25, 0.3) is 0 Å². The van der Waals surface area contributed by atoms with Gasteiger partial charge in [-0.2, -0.15) is 0 Å². The van der Waals surface area contributed by atoms with Gasteiger partial charge >= 0.3 is 0 Å². The summed E-state index contributed by atoms with van der Waals surface area (Å²) in [5.74, 6) is 2.58. The molecule has 0 unspecified atom stereocenters. The summed E-state index contributed by atoms with van der Waals surface area (Å²) in [6.07, 6.45) is 12.9. The molecule has 2 heteroatoms. The molecule has 23 heavy (non-hydrogen) atoms. The summed E-state index contributed by atoms with van der Waals surface area (Å²) in [5.41, 5.74) is 1.24. The molecule has 0 N–H and O–H groups in total. The SMILES string of the molecule is C=CC1CCC(C2CCC(c3ccc(C=O)c(F)c3)CC2)CC1. The summed E-state index contributed by atoms with van der Waals surface area (Å²) in [4.78, 5) is 10.7. The minimum atomic E-state index is -0.373. The summed E-state index contributed by atoms with van der Waals surface area (Å²) < 4.78 is 13.8. The van der Waals surface area contributed by atoms with Gasteiger partial charge in [0.05, 0.1) is 5.56 Å². The van der Waals surface area contributed by atoms with E-state index in [1.54, 1.807) is 12.1 Å². The third kappa shape index (κ3) is 3.73. The predicted octanol–water partition coefficient (Wildman–Crippen LogP) is 5.90. The second-order valence-corrected chi connectivity index (χ2v) is 7.42. The Kier molecular flexibility index (Phi) is 5.30. The standard InChI is InChI=1S/C21H27FO/c1-2-15-3-5-16(6-4-15)17-7-9-18(10-8-17)19-11-12-20(14-23)21(22)13-19/h2,11-18H,1,3-10H2. The van der Waals surface area contributed by atoms with E-state index in [4.69, 9.17) is 0 Å². The van der Waals surface area contributed by atoms with Gasteiger partial charge in [0, 0.05) is 0 Å². The lowest BCUT2D eigenvalue weighted by atomic mass is 9.68. The zero-order valence-electron chi connectivity index (χ0n) is 13.8. The third-order valence-electron chi connectivity index (χ3n) is 6.21. The van der Waals surface area contributed by atoms with Crippen molar-refractivity contribution in [1.82, 2.24) is 0 Å². The van der Waals surface area contributed by atoms with Crippen LogP contribution in [0.1, 0.15) is 73.2 Å². The molecule has 3 rings (SSSR count). The fraction of sp³-hybridized carbons (Fsp3) is 0.571. The van der Waals surface area contributed by atoms with Crippen molar-refractivity contribution in [3.8, 4) is 0 Å². The maximum absolute atomic E-state index is 13.8. The molecular formula is C21H27FO. The molecule has 2 saturated carbocycles. The maximum atomic E-state index is 13.8. The molecule has 1 aromatic rings. The number of hydrogen-bond acceptors (Lipinski definition) is 1. The highest BCUT2D eigenvalue weighted by atomic mass is 19.1. The summed E-state index contributed by atoms with van der Waals surface area (Å²) in [7, 11) is 0. The van der Waals surface area contributed by atoms with E-state index in [-0.39, 0.29) is 11.4 Å². The van der Waals surface area contributed by atoms with Crippen molar-refractivity contribution in [1.29, 1.82) is 0 Å². The minimum absolute atomic E-state index is 0.168. The van der Waals surface area contributed by atoms with Crippen LogP contribution in [0.5, 0.6) is 0 Å². The molecule has 0 atom stereocenters. The minimum Gasteiger partial charge on any atom is -0.298 e. The van der Waals surface area contributed by atoms with Crippen LogP contribution in [0.2, 0.25) is 0 Å². The predicted molar refractivity (Wildman–Crippen MR) is 92.1 cm³/mol. The molecule has 0 aromatic heterocycles. The van der Waals surface area contributed by atoms with Crippen molar-refractivity contribution in [3.63, 3.8) is 0 Å². The van der Waals surface area contributed by atoms with Crippen molar-refractivity contribution in [3.05, 3.63) is 47.8 Å². The number of carbonyl (C=O) groups is 1. The number of aldehydes is 1. The van der Waals surface area contributed by atoms with Crippen LogP contribution in [0.25, 0.3) is 0 Å². The van der Waals surface area contributed by atoms with E-state index in [0.717, 1.165) is 36.2 Å². The van der Waals surface area contributed by atoms with Crippen LogP contribution in [0.15, 0.2) is 30.9 Å². The Morgan fingerprint density at radius 2 is 1.57 bits per heavy atom. The smallest absolute Gasteiger partial charge is 0.152 e. The van der Waals surface area contributed by atoms with Crippen molar-refractivity contribution >= 4 is 6.29 Å². The molecule has 0 amide bonds. The van der Waals surface area contributed by atoms with Crippen LogP contribution < -0.4 is 0 Å². The Morgan fingerprint density at radius 3 is 2.09 bits per heavy atom. The topological polar surface area (TPSA) is 17.1 Å². The molecule has 0 aliphatic heterocycles. The normalized spacial score (nSPS) is 31.5. The fourth-order valence-corrected chi connectivity index (χ4v) is 4.67. The quantitative estimate of drug-likeness (QED) is 0.499. The lowest BCUT2D eigenvalue weighted by molar-refractivity contribution is 0.111. The van der Waals surface area contributed by atoms with Gasteiger partial charge in [0.15, 0.2) is 6.29 Å². The maximum Gasteiger partial charge on any atom is 0.152 e. The van der Waals surface area contributed by atoms with Crippen molar-refractivity contribution < 1.29 is 9.18 Å². The van der Waals surface area contributed by atoms with E-state index in [9.17, 15) is 9.18 Å². The fourth-order valence-electron chi connectivity index (χ4n) is 4.67. The van der Waals surface area contributed by atoms with Gasteiger partial charge in [0.1, 0.15) is 5.82 Å². The van der Waals surface area contributed by atoms with Crippen LogP contribution >= 0.6 is 0 Å². The van der Waals surface area contributed by atoms with Gasteiger partial charge in [-0.25, -0.2) is 4.39 Å². The lowest BCUT2D eigenvalue weighted by Gasteiger charge is -2.37. The first kappa shape index (κ1) is 16.4. The molecule has 2 aliphatic rings. The van der Waals surface area contributed by atoms with Gasteiger partial charge in [-0.3, -0.25) is 4.79 Å². The number of benzene rings is 1. The zero-order valence-corrected chi connectivity index (χ0v) is 13.8. The van der Waals surface area contributed by atoms with Crippen molar-refractivity contribution in [2.75, 3.05) is 0 Å². The van der Waals surface area contributed by atoms with E-state index >= 15 is 0 Å². The van der Waals surface area contributed by atoms with Crippen LogP contribution in [-0.2, 0) is 0 Å². The van der Waals surface area contributed by atoms with Gasteiger partial charge < -0.3 is 0 Å². The largest absolute Gasteiger partial charge is 0.298 e. The lowest BCUT2D eigenvalue weighted by Crippen LogP contribution is -2.25. The number of hydrogen-bond donors (Lipinski definition) is 0. The first-order chi connectivity index (χ1) is 11.2. The molecule has 2 fully saturated rings. The van der Waals surface area contributed by atoms with E-state index < -0.39 is 0 Å². The Hall–Kier alpha value is -1.44. The summed E-state index contributed by atoms with van der Waals surface area (Å²) in [6.45, 7) is 3.93. The Bertz CT molecular complexity index is 549. The van der Waals surface area contributed by atoms with Gasteiger partial charge in [-0.05, 0) is 92.7 Å².